The third-order valence-electron chi connectivity index (χ3n) is 8.83. The fourth-order valence-corrected chi connectivity index (χ4v) is 6.50. The van der Waals surface area contributed by atoms with Gasteiger partial charge in [-0.15, -0.1) is 0 Å². The number of hydrogen-bond donors (Lipinski definition) is 3. The molecule has 2 aromatic rings. The quantitative estimate of drug-likeness (QED) is 0.448. The summed E-state index contributed by atoms with van der Waals surface area (Å²) in [4.78, 5) is 60.5. The number of likely N-dealkylation sites (tertiary alicyclic amines) is 1. The molecule has 3 amide bonds. The second-order valence-electron chi connectivity index (χ2n) is 12.0. The van der Waals surface area contributed by atoms with Gasteiger partial charge in [-0.05, 0) is 75.7 Å². The van der Waals surface area contributed by atoms with Crippen molar-refractivity contribution in [1.82, 2.24) is 30.0 Å². The Balaban J connectivity index is 1.52. The van der Waals surface area contributed by atoms with Crippen molar-refractivity contribution in [2.24, 2.45) is 5.41 Å². The molecule has 220 valence electrons. The molecule has 3 aliphatic heterocycles. The minimum atomic E-state index is -1.16. The number of benzene rings is 1. The lowest BCUT2D eigenvalue weighted by Crippen LogP contribution is -2.54. The number of aromatic nitrogens is 2. The van der Waals surface area contributed by atoms with E-state index in [1.807, 2.05) is 0 Å². The molecule has 4 aliphatic rings. The molecule has 0 radical (unpaired) electrons. The van der Waals surface area contributed by atoms with E-state index in [9.17, 15) is 28.7 Å². The van der Waals surface area contributed by atoms with Crippen LogP contribution in [0.1, 0.15) is 66.0 Å². The number of carbonyl (C=O) groups is 3. The summed E-state index contributed by atoms with van der Waals surface area (Å²) >= 11 is 0. The zero-order valence-electron chi connectivity index (χ0n) is 23.8. The van der Waals surface area contributed by atoms with Gasteiger partial charge in [0.1, 0.15) is 11.6 Å². The van der Waals surface area contributed by atoms with E-state index in [-0.39, 0.29) is 30.1 Å². The van der Waals surface area contributed by atoms with E-state index >= 15 is 0 Å². The van der Waals surface area contributed by atoms with Gasteiger partial charge in [0.25, 0.3) is 11.5 Å². The maximum atomic E-state index is 13.7. The summed E-state index contributed by atoms with van der Waals surface area (Å²) in [5.41, 5.74) is -1.60. The molecule has 12 heteroatoms. The third kappa shape index (κ3) is 5.44. The molecule has 2 bridgehead atoms. The summed E-state index contributed by atoms with van der Waals surface area (Å²) in [6.07, 6.45) is 4.46. The van der Waals surface area contributed by atoms with Crippen LogP contribution in [0.4, 0.5) is 4.39 Å². The number of aromatic hydroxyl groups is 1. The summed E-state index contributed by atoms with van der Waals surface area (Å²) in [6, 6.07) is 4.43. The highest BCUT2D eigenvalue weighted by atomic mass is 19.1. The van der Waals surface area contributed by atoms with Crippen molar-refractivity contribution >= 4 is 17.7 Å². The maximum absolute atomic E-state index is 13.7. The van der Waals surface area contributed by atoms with E-state index in [1.54, 1.807) is 13.0 Å². The third-order valence-corrected chi connectivity index (χ3v) is 8.83. The Morgan fingerprint density at radius 3 is 2.44 bits per heavy atom. The van der Waals surface area contributed by atoms with E-state index in [2.05, 4.69) is 20.5 Å². The van der Waals surface area contributed by atoms with E-state index < -0.39 is 40.3 Å². The lowest BCUT2D eigenvalue weighted by Gasteiger charge is -2.43. The van der Waals surface area contributed by atoms with Crippen LogP contribution >= 0.6 is 0 Å². The Kier molecular flexibility index (Phi) is 7.62. The highest BCUT2D eigenvalue weighted by Gasteiger charge is 2.52. The van der Waals surface area contributed by atoms with Crippen molar-refractivity contribution in [3.63, 3.8) is 0 Å². The van der Waals surface area contributed by atoms with Gasteiger partial charge in [-0.25, -0.2) is 9.37 Å². The number of amides is 3. The first-order chi connectivity index (χ1) is 19.4. The number of hydrogen-bond acceptors (Lipinski definition) is 7. The van der Waals surface area contributed by atoms with Crippen molar-refractivity contribution < 1.29 is 23.9 Å². The Bertz CT molecular complexity index is 1440. The molecule has 41 heavy (non-hydrogen) atoms. The number of rotatable bonds is 6. The van der Waals surface area contributed by atoms with Gasteiger partial charge in [-0.2, -0.15) is 0 Å². The number of nitrogens with one attached hydrogen (secondary N) is 2. The van der Waals surface area contributed by atoms with Gasteiger partial charge in [0.15, 0.2) is 5.69 Å². The van der Waals surface area contributed by atoms with E-state index in [1.165, 1.54) is 35.7 Å². The Morgan fingerprint density at radius 1 is 1.12 bits per heavy atom. The standard InChI is InChI=1S/C29H37FN6O5/c1-18-14-19(6-7-20(18)30)15-31-23(38)21-22(37)25(40)36-17-28(16-35-12-4-5-13-35)8-10-29(11-9-28,27(36)32-21)33-24(39)26(41)34(2)3/h6-7,14,37H,4-5,8-13,15-17H2,1-3H3,(H,31,38)(H,33,39). The fraction of sp³-hybridized carbons (Fsp3) is 0.552. The first-order valence-electron chi connectivity index (χ1n) is 14.1. The van der Waals surface area contributed by atoms with Crippen LogP contribution < -0.4 is 16.2 Å². The highest BCUT2D eigenvalue weighted by molar-refractivity contribution is 6.35. The molecular weight excluding hydrogens is 531 g/mol. The molecule has 4 heterocycles. The highest BCUT2D eigenvalue weighted by Crippen LogP contribution is 2.50. The van der Waals surface area contributed by atoms with Crippen LogP contribution in [-0.4, -0.2) is 75.9 Å². The maximum Gasteiger partial charge on any atom is 0.311 e. The fourth-order valence-electron chi connectivity index (χ4n) is 6.50. The van der Waals surface area contributed by atoms with Gasteiger partial charge >= 0.3 is 11.8 Å². The number of nitrogens with zero attached hydrogens (tertiary/aromatic N) is 4. The van der Waals surface area contributed by atoms with Gasteiger partial charge in [-0.3, -0.25) is 23.7 Å². The number of fused-ring (bicyclic) bond motifs is 2. The minimum absolute atomic E-state index is 0.0254. The molecule has 1 aromatic carbocycles. The lowest BCUT2D eigenvalue weighted by atomic mass is 9.68. The van der Waals surface area contributed by atoms with Crippen LogP contribution in [-0.2, 0) is 28.2 Å². The molecule has 1 aromatic heterocycles. The van der Waals surface area contributed by atoms with Crippen LogP contribution in [0.25, 0.3) is 0 Å². The Morgan fingerprint density at radius 2 is 1.80 bits per heavy atom. The first-order valence-corrected chi connectivity index (χ1v) is 14.1. The molecule has 1 saturated heterocycles. The minimum Gasteiger partial charge on any atom is -0.501 e. The molecular formula is C29H37FN6O5. The summed E-state index contributed by atoms with van der Waals surface area (Å²) in [6.45, 7) is 4.67. The Hall–Kier alpha value is -3.80. The number of halogens is 1. The zero-order chi connectivity index (χ0) is 29.5. The molecule has 6 rings (SSSR count). The van der Waals surface area contributed by atoms with Crippen LogP contribution in [0.3, 0.4) is 0 Å². The molecule has 0 atom stereocenters. The zero-order valence-corrected chi connectivity index (χ0v) is 23.8. The second kappa shape index (κ2) is 10.9. The smallest absolute Gasteiger partial charge is 0.311 e. The topological polar surface area (TPSA) is 137 Å². The average molecular weight is 569 g/mol. The van der Waals surface area contributed by atoms with E-state index in [0.29, 0.717) is 36.8 Å². The monoisotopic (exact) mass is 568 g/mol. The summed E-state index contributed by atoms with van der Waals surface area (Å²) < 4.78 is 15.1. The normalized spacial score (nSPS) is 23.5. The number of likely N-dealkylation sites (N-methyl/N-ethyl adjacent to an activating group) is 1. The van der Waals surface area contributed by atoms with Crippen LogP contribution in [0, 0.1) is 18.2 Å². The average Bonchev–Trinajstić information content (AvgIpc) is 3.36. The molecule has 3 N–H and O–H groups in total. The summed E-state index contributed by atoms with van der Waals surface area (Å²) in [5.74, 6) is -3.31. The summed E-state index contributed by atoms with van der Waals surface area (Å²) in [5, 5.41) is 16.4. The van der Waals surface area contributed by atoms with Gasteiger partial charge < -0.3 is 25.5 Å². The predicted octanol–water partition coefficient (Wildman–Crippen LogP) is 1.40. The second-order valence-corrected chi connectivity index (χ2v) is 12.0. The van der Waals surface area contributed by atoms with Crippen molar-refractivity contribution in [1.29, 1.82) is 0 Å². The number of carbonyl (C=O) groups excluding carboxylic acids is 3. The van der Waals surface area contributed by atoms with Crippen molar-refractivity contribution in [3.05, 3.63) is 57.0 Å². The van der Waals surface area contributed by atoms with Gasteiger partial charge in [0, 0.05) is 39.1 Å². The van der Waals surface area contributed by atoms with Crippen molar-refractivity contribution in [2.45, 2.75) is 64.1 Å². The van der Waals surface area contributed by atoms with Gasteiger partial charge in [0.2, 0.25) is 5.75 Å². The van der Waals surface area contributed by atoms with Crippen molar-refractivity contribution in [2.75, 3.05) is 33.7 Å². The lowest BCUT2D eigenvalue weighted by molar-refractivity contribution is -0.145. The van der Waals surface area contributed by atoms with Crippen LogP contribution in [0.2, 0.25) is 0 Å². The van der Waals surface area contributed by atoms with Crippen LogP contribution in [0.5, 0.6) is 5.75 Å². The molecule has 0 unspecified atom stereocenters. The summed E-state index contributed by atoms with van der Waals surface area (Å²) in [7, 11) is 2.96. The van der Waals surface area contributed by atoms with Gasteiger partial charge in [0.05, 0.1) is 5.54 Å². The molecule has 1 saturated carbocycles. The SMILES string of the molecule is Cc1cc(CNC(=O)c2nc3n(c(=O)c2O)CC2(CN4CCCC4)CCC3(NC(=O)C(=O)N(C)C)CC2)ccc1F. The largest absolute Gasteiger partial charge is 0.501 e. The van der Waals surface area contributed by atoms with Crippen LogP contribution in [0.15, 0.2) is 23.0 Å². The predicted molar refractivity (Wildman–Crippen MR) is 148 cm³/mol. The molecule has 0 spiro atoms. The Labute approximate surface area is 237 Å². The number of aryl methyl sites for hydroxylation is 1. The molecule has 11 nitrogen and oxygen atoms in total. The molecule has 2 fully saturated rings. The molecule has 1 aliphatic carbocycles. The van der Waals surface area contributed by atoms with E-state index in [4.69, 9.17) is 0 Å². The van der Waals surface area contributed by atoms with Crippen molar-refractivity contribution in [3.8, 4) is 5.75 Å². The first kappa shape index (κ1) is 28.7. The van der Waals surface area contributed by atoms with Gasteiger partial charge in [-0.1, -0.05) is 12.1 Å². The van der Waals surface area contributed by atoms with E-state index in [0.717, 1.165) is 32.5 Å².